The van der Waals surface area contributed by atoms with Gasteiger partial charge < -0.3 is 4.74 Å². The quantitative estimate of drug-likeness (QED) is 0.668. The summed E-state index contributed by atoms with van der Waals surface area (Å²) in [5, 5.41) is 0. The minimum absolute atomic E-state index is 0.284. The van der Waals surface area contributed by atoms with Gasteiger partial charge in [-0.2, -0.15) is 0 Å². The fraction of sp³-hybridized carbons (Fsp3) is 0.571. The molecule has 0 aromatic heterocycles. The van der Waals surface area contributed by atoms with E-state index in [2.05, 4.69) is 51.1 Å². The Bertz CT molecular complexity index is 258. The van der Waals surface area contributed by atoms with Crippen LogP contribution in [0.25, 0.3) is 0 Å². The van der Waals surface area contributed by atoms with Crippen molar-refractivity contribution in [1.82, 2.24) is 0 Å². The predicted molar refractivity (Wildman–Crippen MR) is 65.0 cm³/mol. The summed E-state index contributed by atoms with van der Waals surface area (Å²) >= 11 is 0. The normalized spacial score (nSPS) is 11.7. The number of hydrogen-bond acceptors (Lipinski definition) is 1. The summed E-state index contributed by atoms with van der Waals surface area (Å²) < 4.78 is 5.62. The summed E-state index contributed by atoms with van der Waals surface area (Å²) in [6.07, 6.45) is 2.23. The lowest BCUT2D eigenvalue weighted by Crippen LogP contribution is -2.15. The van der Waals surface area contributed by atoms with Crippen molar-refractivity contribution in [2.45, 2.75) is 33.6 Å². The van der Waals surface area contributed by atoms with Crippen LogP contribution in [0.3, 0.4) is 0 Å². The van der Waals surface area contributed by atoms with E-state index in [0.29, 0.717) is 0 Å². The molecule has 0 unspecified atom stereocenters. The summed E-state index contributed by atoms with van der Waals surface area (Å²) in [4.78, 5) is 0. The second kappa shape index (κ2) is 5.92. The second-order valence-electron chi connectivity index (χ2n) is 5.20. The van der Waals surface area contributed by atoms with E-state index >= 15 is 0 Å². The minimum Gasteiger partial charge on any atom is -0.381 e. The molecular weight excluding hydrogens is 184 g/mol. The Morgan fingerprint density at radius 2 is 1.73 bits per heavy atom. The molecule has 0 aliphatic carbocycles. The molecule has 0 bridgehead atoms. The Balaban J connectivity index is 2.08. The van der Waals surface area contributed by atoms with E-state index in [1.54, 1.807) is 0 Å². The zero-order chi connectivity index (χ0) is 11.1. The molecule has 0 amide bonds. The van der Waals surface area contributed by atoms with Crippen LogP contribution in [-0.2, 0) is 11.2 Å². The van der Waals surface area contributed by atoms with Crippen molar-refractivity contribution >= 4 is 0 Å². The van der Waals surface area contributed by atoms with Crippen LogP contribution >= 0.6 is 0 Å². The van der Waals surface area contributed by atoms with Gasteiger partial charge in [0.2, 0.25) is 0 Å². The van der Waals surface area contributed by atoms with Crippen LogP contribution in [0.4, 0.5) is 0 Å². The number of benzene rings is 1. The van der Waals surface area contributed by atoms with Gasteiger partial charge >= 0.3 is 0 Å². The van der Waals surface area contributed by atoms with Crippen molar-refractivity contribution in [1.29, 1.82) is 0 Å². The highest BCUT2D eigenvalue weighted by atomic mass is 16.5. The Morgan fingerprint density at radius 1 is 1.07 bits per heavy atom. The molecule has 0 aliphatic heterocycles. The van der Waals surface area contributed by atoms with E-state index in [4.69, 9.17) is 4.74 Å². The van der Waals surface area contributed by atoms with Crippen molar-refractivity contribution in [2.75, 3.05) is 13.2 Å². The molecule has 1 heteroatoms. The monoisotopic (exact) mass is 206 g/mol. The molecule has 0 fully saturated rings. The number of ether oxygens (including phenoxy) is 1. The Kier molecular flexibility index (Phi) is 4.83. The molecule has 1 nitrogen and oxygen atoms in total. The van der Waals surface area contributed by atoms with Crippen molar-refractivity contribution < 1.29 is 4.74 Å². The van der Waals surface area contributed by atoms with Crippen LogP contribution in [0.15, 0.2) is 30.3 Å². The maximum Gasteiger partial charge on any atom is 0.0514 e. The van der Waals surface area contributed by atoms with Crippen molar-refractivity contribution in [3.63, 3.8) is 0 Å². The van der Waals surface area contributed by atoms with Crippen LogP contribution < -0.4 is 0 Å². The molecule has 0 saturated heterocycles. The molecular formula is C14H22O. The van der Waals surface area contributed by atoms with Gasteiger partial charge in [0.25, 0.3) is 0 Å². The van der Waals surface area contributed by atoms with Gasteiger partial charge in [0.1, 0.15) is 0 Å². The lowest BCUT2D eigenvalue weighted by molar-refractivity contribution is 0.0699. The highest BCUT2D eigenvalue weighted by molar-refractivity contribution is 5.14. The Morgan fingerprint density at radius 3 is 2.33 bits per heavy atom. The number of aryl methyl sites for hydroxylation is 1. The van der Waals surface area contributed by atoms with Gasteiger partial charge in [0, 0.05) is 6.61 Å². The number of rotatable bonds is 5. The largest absolute Gasteiger partial charge is 0.381 e. The van der Waals surface area contributed by atoms with Gasteiger partial charge in [-0.25, -0.2) is 0 Å². The average molecular weight is 206 g/mol. The van der Waals surface area contributed by atoms with Gasteiger partial charge in [-0.15, -0.1) is 0 Å². The third-order valence-electron chi connectivity index (χ3n) is 2.13. The topological polar surface area (TPSA) is 9.23 Å². The summed E-state index contributed by atoms with van der Waals surface area (Å²) in [5.74, 6) is 0. The third kappa shape index (κ3) is 6.29. The molecule has 1 aromatic rings. The van der Waals surface area contributed by atoms with Gasteiger partial charge in [0.05, 0.1) is 6.61 Å². The highest BCUT2D eigenvalue weighted by Crippen LogP contribution is 2.13. The molecule has 84 valence electrons. The molecule has 0 aliphatic rings. The van der Waals surface area contributed by atoms with Crippen LogP contribution in [0, 0.1) is 5.41 Å². The lowest BCUT2D eigenvalue weighted by atomic mass is 9.99. The van der Waals surface area contributed by atoms with E-state index in [0.717, 1.165) is 26.1 Å². The molecule has 15 heavy (non-hydrogen) atoms. The van der Waals surface area contributed by atoms with Crippen LogP contribution in [-0.4, -0.2) is 13.2 Å². The molecule has 0 spiro atoms. The molecule has 1 rings (SSSR count). The second-order valence-corrected chi connectivity index (χ2v) is 5.20. The van der Waals surface area contributed by atoms with Crippen molar-refractivity contribution in [2.24, 2.45) is 5.41 Å². The van der Waals surface area contributed by atoms with E-state index < -0.39 is 0 Å². The standard InChI is InChI=1S/C14H22O/c1-14(2,3)12-15-11-7-10-13-8-5-4-6-9-13/h4-6,8-9H,7,10-12H2,1-3H3. The molecule has 1 aromatic carbocycles. The first kappa shape index (κ1) is 12.3. The van der Waals surface area contributed by atoms with E-state index in [9.17, 15) is 0 Å². The minimum atomic E-state index is 0.284. The summed E-state index contributed by atoms with van der Waals surface area (Å²) in [7, 11) is 0. The zero-order valence-corrected chi connectivity index (χ0v) is 10.1. The third-order valence-corrected chi connectivity index (χ3v) is 2.13. The maximum absolute atomic E-state index is 5.62. The molecule has 0 saturated carbocycles. The maximum atomic E-state index is 5.62. The fourth-order valence-corrected chi connectivity index (χ4v) is 1.40. The first-order valence-electron chi connectivity index (χ1n) is 5.70. The zero-order valence-electron chi connectivity index (χ0n) is 10.1. The van der Waals surface area contributed by atoms with Crippen molar-refractivity contribution in [3.05, 3.63) is 35.9 Å². The molecule has 0 atom stereocenters. The Labute approximate surface area is 93.5 Å². The predicted octanol–water partition coefficient (Wildman–Crippen LogP) is 3.68. The Hall–Kier alpha value is -0.820. The molecule has 0 heterocycles. The van der Waals surface area contributed by atoms with Gasteiger partial charge in [-0.05, 0) is 23.8 Å². The fourth-order valence-electron chi connectivity index (χ4n) is 1.40. The van der Waals surface area contributed by atoms with Crippen LogP contribution in [0.2, 0.25) is 0 Å². The van der Waals surface area contributed by atoms with E-state index in [1.807, 2.05) is 0 Å². The van der Waals surface area contributed by atoms with Crippen molar-refractivity contribution in [3.8, 4) is 0 Å². The highest BCUT2D eigenvalue weighted by Gasteiger charge is 2.09. The summed E-state index contributed by atoms with van der Waals surface area (Å²) in [6.45, 7) is 8.31. The smallest absolute Gasteiger partial charge is 0.0514 e. The van der Waals surface area contributed by atoms with Gasteiger partial charge in [-0.3, -0.25) is 0 Å². The molecule has 0 radical (unpaired) electrons. The van der Waals surface area contributed by atoms with Crippen LogP contribution in [0.5, 0.6) is 0 Å². The number of hydrogen-bond donors (Lipinski definition) is 0. The lowest BCUT2D eigenvalue weighted by Gasteiger charge is -2.17. The summed E-state index contributed by atoms with van der Waals surface area (Å²) in [5.41, 5.74) is 1.68. The SMILES string of the molecule is CC(C)(C)COCCCc1ccccc1. The van der Waals surface area contributed by atoms with Gasteiger partial charge in [-0.1, -0.05) is 51.1 Å². The average Bonchev–Trinajstić information content (AvgIpc) is 2.17. The van der Waals surface area contributed by atoms with Crippen LogP contribution in [0.1, 0.15) is 32.8 Å². The molecule has 0 N–H and O–H groups in total. The van der Waals surface area contributed by atoms with Gasteiger partial charge in [0.15, 0.2) is 0 Å². The van der Waals surface area contributed by atoms with E-state index in [-0.39, 0.29) is 5.41 Å². The first-order chi connectivity index (χ1) is 7.08. The summed E-state index contributed by atoms with van der Waals surface area (Å²) in [6, 6.07) is 10.6. The van der Waals surface area contributed by atoms with E-state index in [1.165, 1.54) is 5.56 Å². The first-order valence-corrected chi connectivity index (χ1v) is 5.70.